The summed E-state index contributed by atoms with van der Waals surface area (Å²) in [6.07, 6.45) is 14.7. The van der Waals surface area contributed by atoms with Gasteiger partial charge in [0, 0.05) is 11.3 Å². The van der Waals surface area contributed by atoms with Gasteiger partial charge in [0.1, 0.15) is 0 Å². The van der Waals surface area contributed by atoms with Crippen LogP contribution in [0.4, 0.5) is 0 Å². The van der Waals surface area contributed by atoms with Gasteiger partial charge in [-0.25, -0.2) is 0 Å². The highest BCUT2D eigenvalue weighted by Gasteiger charge is 2.50. The van der Waals surface area contributed by atoms with Crippen LogP contribution < -0.4 is 0 Å². The quantitative estimate of drug-likeness (QED) is 0.369. The van der Waals surface area contributed by atoms with Crippen LogP contribution in [-0.2, 0) is 0 Å². The van der Waals surface area contributed by atoms with Gasteiger partial charge in [-0.3, -0.25) is 0 Å². The summed E-state index contributed by atoms with van der Waals surface area (Å²) in [5, 5.41) is 0. The molecule has 28 heavy (non-hydrogen) atoms. The van der Waals surface area contributed by atoms with Gasteiger partial charge in [0.25, 0.3) is 0 Å². The van der Waals surface area contributed by atoms with E-state index in [-0.39, 0.29) is 5.41 Å². The molecule has 0 heteroatoms. The molecule has 2 rings (SSSR count). The van der Waals surface area contributed by atoms with Gasteiger partial charge >= 0.3 is 0 Å². The molecule has 2 aliphatic carbocycles. The second-order valence-corrected chi connectivity index (χ2v) is 8.48. The smallest absolute Gasteiger partial charge is 0.0264 e. The lowest BCUT2D eigenvalue weighted by Crippen LogP contribution is -2.33. The van der Waals surface area contributed by atoms with Gasteiger partial charge in [-0.05, 0) is 89.0 Å². The molecule has 0 aromatic rings. The zero-order chi connectivity index (χ0) is 21.1. The second-order valence-electron chi connectivity index (χ2n) is 8.48. The van der Waals surface area contributed by atoms with Crippen molar-refractivity contribution in [2.45, 2.75) is 94.4 Å². The fourth-order valence-electron chi connectivity index (χ4n) is 6.07. The number of hydrogen-bond donors (Lipinski definition) is 0. The lowest BCUT2D eigenvalue weighted by atomic mass is 9.60. The van der Waals surface area contributed by atoms with E-state index in [1.165, 1.54) is 36.8 Å². The second kappa shape index (κ2) is 9.29. The maximum atomic E-state index is 2.41. The molecule has 0 amide bonds. The van der Waals surface area contributed by atoms with Crippen molar-refractivity contribution in [3.8, 4) is 0 Å². The van der Waals surface area contributed by atoms with Crippen molar-refractivity contribution in [1.82, 2.24) is 0 Å². The first-order valence-electron chi connectivity index (χ1n) is 11.4. The Morgan fingerprint density at radius 1 is 0.714 bits per heavy atom. The Hall–Kier alpha value is -1.56. The normalized spacial score (nSPS) is 21.0. The zero-order valence-corrected chi connectivity index (χ0v) is 19.9. The average Bonchev–Trinajstić information content (AvgIpc) is 3.11. The van der Waals surface area contributed by atoms with Crippen molar-refractivity contribution in [2.24, 2.45) is 11.3 Å². The van der Waals surface area contributed by atoms with E-state index in [9.17, 15) is 0 Å². The molecule has 0 fully saturated rings. The molecular formula is C28H42. The van der Waals surface area contributed by atoms with Gasteiger partial charge in [-0.2, -0.15) is 0 Å². The van der Waals surface area contributed by atoms with Crippen LogP contribution in [0.15, 0.2) is 68.9 Å². The van der Waals surface area contributed by atoms with Crippen LogP contribution in [-0.4, -0.2) is 0 Å². The number of allylic oxidation sites excluding steroid dienone is 12. The maximum Gasteiger partial charge on any atom is 0.0264 e. The van der Waals surface area contributed by atoms with Crippen LogP contribution in [0, 0.1) is 11.3 Å². The largest absolute Gasteiger partial charge is 0.0877 e. The summed E-state index contributed by atoms with van der Waals surface area (Å²) in [5.41, 5.74) is 13.1. The summed E-state index contributed by atoms with van der Waals surface area (Å²) in [6.45, 7) is 21.0. The molecule has 0 aromatic carbocycles. The van der Waals surface area contributed by atoms with E-state index < -0.39 is 0 Å². The van der Waals surface area contributed by atoms with Crippen LogP contribution in [0.2, 0.25) is 0 Å². The summed E-state index contributed by atoms with van der Waals surface area (Å²) >= 11 is 0. The van der Waals surface area contributed by atoms with E-state index in [1.807, 2.05) is 0 Å². The van der Waals surface area contributed by atoms with Gasteiger partial charge in [-0.15, -0.1) is 0 Å². The molecule has 0 atom stereocenters. The third-order valence-corrected chi connectivity index (χ3v) is 7.70. The molecule has 0 bridgehead atoms. The lowest BCUT2D eigenvalue weighted by Gasteiger charge is -2.42. The van der Waals surface area contributed by atoms with E-state index in [0.29, 0.717) is 5.92 Å². The van der Waals surface area contributed by atoms with Crippen molar-refractivity contribution in [3.05, 3.63) is 68.9 Å². The molecule has 0 N–H and O–H groups in total. The molecule has 154 valence electrons. The van der Waals surface area contributed by atoms with Gasteiger partial charge in [0.15, 0.2) is 0 Å². The Balaban J connectivity index is 2.81. The Morgan fingerprint density at radius 3 is 1.54 bits per heavy atom. The fourth-order valence-corrected chi connectivity index (χ4v) is 6.07. The zero-order valence-electron chi connectivity index (χ0n) is 19.9. The van der Waals surface area contributed by atoms with E-state index in [0.717, 1.165) is 6.42 Å². The highest BCUT2D eigenvalue weighted by Crippen LogP contribution is 2.62. The van der Waals surface area contributed by atoms with Crippen molar-refractivity contribution in [1.29, 1.82) is 0 Å². The van der Waals surface area contributed by atoms with E-state index in [2.05, 4.69) is 86.6 Å². The van der Waals surface area contributed by atoms with Gasteiger partial charge in [0.05, 0.1) is 0 Å². The predicted octanol–water partition coefficient (Wildman–Crippen LogP) is 9.04. The Labute approximate surface area is 174 Å². The third-order valence-electron chi connectivity index (χ3n) is 7.70. The monoisotopic (exact) mass is 378 g/mol. The SMILES string of the molecule is CC=CC=CCC1(C2C(CC)=C(CC)C(CC)=C2CC)C(C)=C(C)C(C)=C1C. The van der Waals surface area contributed by atoms with Gasteiger partial charge in [-0.1, -0.05) is 74.3 Å². The Kier molecular flexibility index (Phi) is 7.54. The molecule has 0 nitrogen and oxygen atoms in total. The van der Waals surface area contributed by atoms with Crippen LogP contribution in [0.5, 0.6) is 0 Å². The molecule has 0 radical (unpaired) electrons. The van der Waals surface area contributed by atoms with Crippen molar-refractivity contribution in [3.63, 3.8) is 0 Å². The van der Waals surface area contributed by atoms with Gasteiger partial charge in [0.2, 0.25) is 0 Å². The van der Waals surface area contributed by atoms with Crippen LogP contribution in [0.25, 0.3) is 0 Å². The first-order chi connectivity index (χ1) is 13.4. The first-order valence-corrected chi connectivity index (χ1v) is 11.4. The molecule has 0 aromatic heterocycles. The van der Waals surface area contributed by atoms with Crippen LogP contribution >= 0.6 is 0 Å². The summed E-state index contributed by atoms with van der Waals surface area (Å²) in [5.74, 6) is 0.537. The number of rotatable bonds is 8. The molecule has 2 aliphatic rings. The highest BCUT2D eigenvalue weighted by molar-refractivity contribution is 5.60. The Morgan fingerprint density at radius 2 is 1.18 bits per heavy atom. The summed E-state index contributed by atoms with van der Waals surface area (Å²) in [6, 6.07) is 0. The van der Waals surface area contributed by atoms with Crippen molar-refractivity contribution >= 4 is 0 Å². The number of hydrogen-bond acceptors (Lipinski definition) is 0. The molecule has 0 heterocycles. The minimum Gasteiger partial charge on any atom is -0.0877 e. The Bertz CT molecular complexity index is 734. The molecular weight excluding hydrogens is 336 g/mol. The lowest BCUT2D eigenvalue weighted by molar-refractivity contribution is 0.336. The summed E-state index contributed by atoms with van der Waals surface area (Å²) in [4.78, 5) is 0. The third kappa shape index (κ3) is 3.34. The van der Waals surface area contributed by atoms with Crippen LogP contribution in [0.1, 0.15) is 94.4 Å². The average molecular weight is 379 g/mol. The highest BCUT2D eigenvalue weighted by atomic mass is 14.5. The summed E-state index contributed by atoms with van der Waals surface area (Å²) < 4.78 is 0. The summed E-state index contributed by atoms with van der Waals surface area (Å²) in [7, 11) is 0. The maximum absolute atomic E-state index is 2.41. The van der Waals surface area contributed by atoms with Crippen LogP contribution in [0.3, 0.4) is 0 Å². The minimum atomic E-state index is 0.111. The predicted molar refractivity (Wildman–Crippen MR) is 126 cm³/mol. The minimum absolute atomic E-state index is 0.111. The molecule has 0 saturated heterocycles. The van der Waals surface area contributed by atoms with Crippen molar-refractivity contribution < 1.29 is 0 Å². The van der Waals surface area contributed by atoms with E-state index in [1.54, 1.807) is 33.4 Å². The molecule has 0 spiro atoms. The fraction of sp³-hybridized carbons (Fsp3) is 0.571. The van der Waals surface area contributed by atoms with E-state index in [4.69, 9.17) is 0 Å². The molecule has 0 aliphatic heterocycles. The van der Waals surface area contributed by atoms with Crippen molar-refractivity contribution in [2.75, 3.05) is 0 Å². The topological polar surface area (TPSA) is 0 Å². The molecule has 0 unspecified atom stereocenters. The standard InChI is InChI=1S/C28H42/c1-10-15-16-17-18-28(21(8)19(6)20(7)22(28)9)27-25(13-4)23(11-2)24(12-3)26(27)14-5/h10,15-17,27H,11-14,18H2,1-9H3. The van der Waals surface area contributed by atoms with Gasteiger partial charge < -0.3 is 0 Å². The van der Waals surface area contributed by atoms with E-state index >= 15 is 0 Å². The first kappa shape index (κ1) is 22.7. The molecule has 0 saturated carbocycles.